The van der Waals surface area contributed by atoms with Crippen LogP contribution in [0.1, 0.15) is 47.4 Å². The third-order valence-electron chi connectivity index (χ3n) is 5.38. The molecule has 1 fully saturated rings. The van der Waals surface area contributed by atoms with Gasteiger partial charge in [0.2, 0.25) is 0 Å². The molecule has 26 heavy (non-hydrogen) atoms. The average Bonchev–Trinajstić information content (AvgIpc) is 3.18. The Bertz CT molecular complexity index is 1120. The maximum absolute atomic E-state index is 5.39. The van der Waals surface area contributed by atoms with E-state index in [2.05, 4.69) is 38.7 Å². The Hall–Kier alpha value is -2.89. The van der Waals surface area contributed by atoms with Crippen LogP contribution in [0.3, 0.4) is 0 Å². The fraction of sp³-hybridized carbons (Fsp3) is 0.350. The van der Waals surface area contributed by atoms with Gasteiger partial charge < -0.3 is 14.1 Å². The summed E-state index contributed by atoms with van der Waals surface area (Å²) >= 11 is 0. The number of nitrogens with one attached hydrogen (secondary N) is 1. The van der Waals surface area contributed by atoms with E-state index >= 15 is 0 Å². The minimum absolute atomic E-state index is 0.573. The first-order valence-corrected chi connectivity index (χ1v) is 9.00. The largest absolute Gasteiger partial charge is 0.361 e. The standard InChI is InChI=1S/C20H21N5O/c1-10-12(3)25(9-21-10)17-8-15(18-11(2)24-26-13(18)4)7-16-19(17)23-20(22-16)14-5-6-14/h7-9,14H,5-6H2,1-4H3,(H,22,23). The molecule has 0 aliphatic heterocycles. The molecule has 1 saturated carbocycles. The van der Waals surface area contributed by atoms with E-state index in [-0.39, 0.29) is 0 Å². The van der Waals surface area contributed by atoms with Crippen molar-refractivity contribution in [3.8, 4) is 16.8 Å². The maximum Gasteiger partial charge on any atom is 0.141 e. The number of aromatic nitrogens is 5. The summed E-state index contributed by atoms with van der Waals surface area (Å²) < 4.78 is 7.52. The highest BCUT2D eigenvalue weighted by Crippen LogP contribution is 2.40. The van der Waals surface area contributed by atoms with E-state index in [4.69, 9.17) is 9.51 Å². The van der Waals surface area contributed by atoms with Crippen LogP contribution >= 0.6 is 0 Å². The van der Waals surface area contributed by atoms with Crippen LogP contribution in [0.15, 0.2) is 23.0 Å². The minimum Gasteiger partial charge on any atom is -0.361 e. The Kier molecular flexibility index (Phi) is 3.13. The molecule has 1 aliphatic carbocycles. The summed E-state index contributed by atoms with van der Waals surface area (Å²) in [6.07, 6.45) is 4.31. The van der Waals surface area contributed by atoms with Crippen molar-refractivity contribution >= 4 is 11.0 Å². The van der Waals surface area contributed by atoms with Crippen molar-refractivity contribution in [1.29, 1.82) is 0 Å². The summed E-state index contributed by atoms with van der Waals surface area (Å²) in [6, 6.07) is 4.32. The van der Waals surface area contributed by atoms with Crippen LogP contribution in [-0.2, 0) is 0 Å². The summed E-state index contributed by atoms with van der Waals surface area (Å²) in [5.74, 6) is 2.49. The molecule has 0 radical (unpaired) electrons. The summed E-state index contributed by atoms with van der Waals surface area (Å²) in [4.78, 5) is 12.9. The highest BCUT2D eigenvalue weighted by atomic mass is 16.5. The molecule has 3 aromatic heterocycles. The van der Waals surface area contributed by atoms with E-state index in [0.717, 1.165) is 56.5 Å². The molecule has 132 valence electrons. The Morgan fingerprint density at radius 1 is 1.12 bits per heavy atom. The number of aromatic amines is 1. The third kappa shape index (κ3) is 2.21. The Labute approximate surface area is 151 Å². The zero-order valence-corrected chi connectivity index (χ0v) is 15.4. The second-order valence-electron chi connectivity index (χ2n) is 7.27. The van der Waals surface area contributed by atoms with Crippen molar-refractivity contribution in [3.63, 3.8) is 0 Å². The molecule has 1 N–H and O–H groups in total. The maximum atomic E-state index is 5.39. The first kappa shape index (κ1) is 15.4. The van der Waals surface area contributed by atoms with Gasteiger partial charge in [-0.1, -0.05) is 5.16 Å². The van der Waals surface area contributed by atoms with E-state index in [9.17, 15) is 0 Å². The molecule has 1 aliphatic rings. The summed E-state index contributed by atoms with van der Waals surface area (Å²) in [5, 5.41) is 4.12. The Balaban J connectivity index is 1.82. The number of aryl methyl sites for hydroxylation is 3. The number of fused-ring (bicyclic) bond motifs is 1. The van der Waals surface area contributed by atoms with Gasteiger partial charge >= 0.3 is 0 Å². The molecule has 0 spiro atoms. The highest BCUT2D eigenvalue weighted by Gasteiger charge is 2.28. The number of nitrogens with zero attached hydrogens (tertiary/aromatic N) is 4. The van der Waals surface area contributed by atoms with Crippen LogP contribution in [0.4, 0.5) is 0 Å². The third-order valence-corrected chi connectivity index (χ3v) is 5.38. The second kappa shape index (κ2) is 5.30. The Morgan fingerprint density at radius 3 is 2.54 bits per heavy atom. The second-order valence-corrected chi connectivity index (χ2v) is 7.27. The van der Waals surface area contributed by atoms with Crippen LogP contribution in [0.25, 0.3) is 27.8 Å². The van der Waals surface area contributed by atoms with Crippen molar-refractivity contribution in [3.05, 3.63) is 47.1 Å². The zero-order chi connectivity index (χ0) is 18.0. The molecular weight excluding hydrogens is 326 g/mol. The fourth-order valence-corrected chi connectivity index (χ4v) is 3.63. The van der Waals surface area contributed by atoms with Crippen LogP contribution in [0, 0.1) is 27.7 Å². The average molecular weight is 347 g/mol. The van der Waals surface area contributed by atoms with Crippen molar-refractivity contribution in [2.75, 3.05) is 0 Å². The van der Waals surface area contributed by atoms with Crippen LogP contribution in [-0.4, -0.2) is 24.7 Å². The van der Waals surface area contributed by atoms with Crippen molar-refractivity contribution in [1.82, 2.24) is 24.7 Å². The zero-order valence-electron chi connectivity index (χ0n) is 15.4. The molecule has 6 heteroatoms. The van der Waals surface area contributed by atoms with Crippen LogP contribution in [0.2, 0.25) is 0 Å². The topological polar surface area (TPSA) is 72.5 Å². The van der Waals surface area contributed by atoms with E-state index in [1.54, 1.807) is 0 Å². The lowest BCUT2D eigenvalue weighted by molar-refractivity contribution is 0.393. The lowest BCUT2D eigenvalue weighted by atomic mass is 10.0. The number of hydrogen-bond donors (Lipinski definition) is 1. The van der Waals surface area contributed by atoms with E-state index in [1.807, 2.05) is 27.1 Å². The van der Waals surface area contributed by atoms with Gasteiger partial charge in [-0.25, -0.2) is 9.97 Å². The van der Waals surface area contributed by atoms with Gasteiger partial charge in [0.25, 0.3) is 0 Å². The molecular formula is C20H21N5O. The molecule has 4 aromatic rings. The number of hydrogen-bond acceptors (Lipinski definition) is 4. The molecule has 0 unspecified atom stereocenters. The first-order chi connectivity index (χ1) is 12.5. The van der Waals surface area contributed by atoms with Crippen molar-refractivity contribution in [2.45, 2.75) is 46.5 Å². The van der Waals surface area contributed by atoms with Gasteiger partial charge in [-0.2, -0.15) is 0 Å². The van der Waals surface area contributed by atoms with Crippen molar-refractivity contribution in [2.24, 2.45) is 0 Å². The fourth-order valence-electron chi connectivity index (χ4n) is 3.63. The lowest BCUT2D eigenvalue weighted by Crippen LogP contribution is -1.98. The van der Waals surface area contributed by atoms with E-state index in [0.29, 0.717) is 5.92 Å². The van der Waals surface area contributed by atoms with Gasteiger partial charge in [0.1, 0.15) is 17.1 Å². The van der Waals surface area contributed by atoms with E-state index in [1.165, 1.54) is 12.8 Å². The quantitative estimate of drug-likeness (QED) is 0.591. The summed E-state index contributed by atoms with van der Waals surface area (Å²) in [6.45, 7) is 8.05. The monoisotopic (exact) mass is 347 g/mol. The predicted octanol–water partition coefficient (Wildman–Crippen LogP) is 4.51. The Morgan fingerprint density at radius 2 is 1.92 bits per heavy atom. The SMILES string of the molecule is Cc1noc(C)c1-c1cc(-n2cnc(C)c2C)c2nc(C3CC3)[nH]c2c1. The van der Waals surface area contributed by atoms with Gasteiger partial charge in [0.05, 0.1) is 28.9 Å². The number of benzene rings is 1. The minimum atomic E-state index is 0.573. The molecule has 3 heterocycles. The molecule has 6 nitrogen and oxygen atoms in total. The number of H-pyrrole nitrogens is 1. The van der Waals surface area contributed by atoms with Gasteiger partial charge in [-0.05, 0) is 58.2 Å². The molecule has 0 atom stereocenters. The molecule has 0 amide bonds. The van der Waals surface area contributed by atoms with Gasteiger partial charge in [0.15, 0.2) is 0 Å². The van der Waals surface area contributed by atoms with E-state index < -0.39 is 0 Å². The predicted molar refractivity (Wildman–Crippen MR) is 99.6 cm³/mol. The molecule has 1 aromatic carbocycles. The highest BCUT2D eigenvalue weighted by molar-refractivity contribution is 5.90. The van der Waals surface area contributed by atoms with Gasteiger partial charge in [-0.3, -0.25) is 0 Å². The van der Waals surface area contributed by atoms with Crippen molar-refractivity contribution < 1.29 is 4.52 Å². The van der Waals surface area contributed by atoms with Gasteiger partial charge in [0, 0.05) is 17.2 Å². The van der Waals surface area contributed by atoms with Crippen LogP contribution < -0.4 is 0 Å². The first-order valence-electron chi connectivity index (χ1n) is 9.00. The van der Waals surface area contributed by atoms with Crippen LogP contribution in [0.5, 0.6) is 0 Å². The molecule has 0 saturated heterocycles. The smallest absolute Gasteiger partial charge is 0.141 e. The normalized spacial score (nSPS) is 14.5. The molecule has 5 rings (SSSR count). The number of imidazole rings is 2. The lowest BCUT2D eigenvalue weighted by Gasteiger charge is -2.10. The number of rotatable bonds is 3. The summed E-state index contributed by atoms with van der Waals surface area (Å²) in [5.41, 5.74) is 8.25. The molecule has 0 bridgehead atoms. The summed E-state index contributed by atoms with van der Waals surface area (Å²) in [7, 11) is 0. The van der Waals surface area contributed by atoms with Gasteiger partial charge in [-0.15, -0.1) is 0 Å².